The number of fused-ring (bicyclic) bond motifs is 2. The molecule has 0 saturated carbocycles. The summed E-state index contributed by atoms with van der Waals surface area (Å²) < 4.78 is 18.2. The van der Waals surface area contributed by atoms with Crippen molar-refractivity contribution < 1.29 is 19.0 Å². The number of cyclic esters (lactones) is 1. The second-order valence-corrected chi connectivity index (χ2v) is 7.84. The molecule has 9 nitrogen and oxygen atoms in total. The summed E-state index contributed by atoms with van der Waals surface area (Å²) in [7, 11) is 3.19. The Labute approximate surface area is 196 Å². The lowest BCUT2D eigenvalue weighted by Crippen LogP contribution is -2.19. The van der Waals surface area contributed by atoms with Gasteiger partial charge in [0, 0.05) is 36.0 Å². The van der Waals surface area contributed by atoms with Crippen LogP contribution in [0.2, 0.25) is 0 Å². The Balaban J connectivity index is 1.65. The number of carbonyl (C=O) groups excluding carboxylic acids is 1. The Kier molecular flexibility index (Phi) is 5.53. The minimum atomic E-state index is -0.338. The maximum absolute atomic E-state index is 12.7. The van der Waals surface area contributed by atoms with Gasteiger partial charge in [0.15, 0.2) is 11.5 Å². The van der Waals surface area contributed by atoms with Gasteiger partial charge in [-0.1, -0.05) is 0 Å². The van der Waals surface area contributed by atoms with Gasteiger partial charge < -0.3 is 14.2 Å². The summed E-state index contributed by atoms with van der Waals surface area (Å²) in [5, 5.41) is 6.29. The molecule has 0 atom stereocenters. The molecule has 9 heteroatoms. The standard InChI is InChI=1S/C25H25N5O4/c1-5-29-14-27-25(28-29)30(6-2)21-8-7-15(12-26-21)22-18-11-20(33-4)19(32-3)10-16(18)9-17-13-34-24(31)23(17)22/h7-12,14H,5-6,13H2,1-4H3. The Morgan fingerprint density at radius 2 is 1.85 bits per heavy atom. The van der Waals surface area contributed by atoms with Crippen LogP contribution in [-0.2, 0) is 17.9 Å². The van der Waals surface area contributed by atoms with Gasteiger partial charge in [-0.25, -0.2) is 14.8 Å². The summed E-state index contributed by atoms with van der Waals surface area (Å²) in [5.41, 5.74) is 2.98. The average molecular weight is 460 g/mol. The molecule has 1 aliphatic heterocycles. The van der Waals surface area contributed by atoms with Crippen LogP contribution < -0.4 is 14.4 Å². The molecule has 0 unspecified atom stereocenters. The maximum atomic E-state index is 12.7. The Morgan fingerprint density at radius 3 is 2.50 bits per heavy atom. The number of esters is 1. The largest absolute Gasteiger partial charge is 0.493 e. The lowest BCUT2D eigenvalue weighted by molar-refractivity contribution is 0.0535. The zero-order chi connectivity index (χ0) is 23.8. The molecular weight excluding hydrogens is 434 g/mol. The number of anilines is 2. The molecule has 0 spiro atoms. The molecule has 2 aromatic carbocycles. The van der Waals surface area contributed by atoms with E-state index in [9.17, 15) is 4.79 Å². The SMILES string of the molecule is CCN(c1ccc(-c2c3c(cc4cc(OC)c(OC)cc24)COC3=O)cn1)c1ncn(CC)n1. The predicted molar refractivity (Wildman–Crippen MR) is 128 cm³/mol. The fourth-order valence-electron chi connectivity index (χ4n) is 4.31. The number of aryl methyl sites for hydroxylation is 1. The minimum Gasteiger partial charge on any atom is -0.493 e. The molecule has 0 amide bonds. The van der Waals surface area contributed by atoms with Crippen molar-refractivity contribution in [3.8, 4) is 22.6 Å². The van der Waals surface area contributed by atoms with Crippen LogP contribution in [-0.4, -0.2) is 46.5 Å². The highest BCUT2D eigenvalue weighted by atomic mass is 16.5. The summed E-state index contributed by atoms with van der Waals surface area (Å²) in [5.74, 6) is 2.18. The molecule has 0 radical (unpaired) electrons. The summed E-state index contributed by atoms with van der Waals surface area (Å²) in [4.78, 5) is 23.7. The normalized spacial score (nSPS) is 12.5. The molecule has 0 N–H and O–H groups in total. The maximum Gasteiger partial charge on any atom is 0.339 e. The first-order valence-electron chi connectivity index (χ1n) is 11.1. The van der Waals surface area contributed by atoms with Crippen LogP contribution in [0.3, 0.4) is 0 Å². The van der Waals surface area contributed by atoms with Gasteiger partial charge in [0.1, 0.15) is 18.8 Å². The molecule has 5 rings (SSSR count). The quantitative estimate of drug-likeness (QED) is 0.377. The molecule has 0 saturated heterocycles. The number of rotatable bonds is 7. The number of nitrogens with zero attached hydrogens (tertiary/aromatic N) is 5. The fourth-order valence-corrected chi connectivity index (χ4v) is 4.31. The van der Waals surface area contributed by atoms with Crippen LogP contribution in [0.4, 0.5) is 11.8 Å². The second-order valence-electron chi connectivity index (χ2n) is 7.84. The van der Waals surface area contributed by atoms with Crippen molar-refractivity contribution in [1.82, 2.24) is 19.7 Å². The van der Waals surface area contributed by atoms with Crippen molar-refractivity contribution in [3.63, 3.8) is 0 Å². The molecule has 3 heterocycles. The number of pyridine rings is 1. The van der Waals surface area contributed by atoms with E-state index < -0.39 is 0 Å². The zero-order valence-corrected chi connectivity index (χ0v) is 19.5. The van der Waals surface area contributed by atoms with Crippen molar-refractivity contribution in [2.75, 3.05) is 25.7 Å². The van der Waals surface area contributed by atoms with Crippen molar-refractivity contribution >= 4 is 28.5 Å². The number of aromatic nitrogens is 4. The Morgan fingerprint density at radius 1 is 1.06 bits per heavy atom. The summed E-state index contributed by atoms with van der Waals surface area (Å²) in [6.45, 7) is 5.68. The molecule has 0 bridgehead atoms. The number of hydrogen-bond donors (Lipinski definition) is 0. The van der Waals surface area contributed by atoms with Gasteiger partial charge >= 0.3 is 5.97 Å². The van der Waals surface area contributed by atoms with Gasteiger partial charge in [0.05, 0.1) is 19.8 Å². The predicted octanol–water partition coefficient (Wildman–Crippen LogP) is 4.36. The summed E-state index contributed by atoms with van der Waals surface area (Å²) >= 11 is 0. The molecular formula is C25H25N5O4. The van der Waals surface area contributed by atoms with E-state index in [2.05, 4.69) is 10.1 Å². The molecule has 1 aliphatic rings. The number of hydrogen-bond acceptors (Lipinski definition) is 8. The van der Waals surface area contributed by atoms with Gasteiger partial charge in [-0.05, 0) is 55.0 Å². The summed E-state index contributed by atoms with van der Waals surface area (Å²) in [6.07, 6.45) is 3.48. The third-order valence-corrected chi connectivity index (χ3v) is 6.01. The molecule has 2 aromatic heterocycles. The topological polar surface area (TPSA) is 91.6 Å². The highest BCUT2D eigenvalue weighted by molar-refractivity contribution is 6.11. The van der Waals surface area contributed by atoms with E-state index >= 15 is 0 Å². The van der Waals surface area contributed by atoms with E-state index in [4.69, 9.17) is 19.2 Å². The van der Waals surface area contributed by atoms with Crippen LogP contribution in [0, 0.1) is 0 Å². The van der Waals surface area contributed by atoms with Gasteiger partial charge in [0.25, 0.3) is 0 Å². The van der Waals surface area contributed by atoms with Crippen molar-refractivity contribution in [1.29, 1.82) is 0 Å². The highest BCUT2D eigenvalue weighted by Gasteiger charge is 2.28. The van der Waals surface area contributed by atoms with Crippen LogP contribution in [0.15, 0.2) is 42.9 Å². The summed E-state index contributed by atoms with van der Waals surface area (Å²) in [6, 6.07) is 9.65. The van der Waals surface area contributed by atoms with E-state index in [-0.39, 0.29) is 12.6 Å². The number of benzene rings is 2. The fraction of sp³-hybridized carbons (Fsp3) is 0.280. The molecule has 4 aromatic rings. The van der Waals surface area contributed by atoms with E-state index in [1.54, 1.807) is 31.4 Å². The Hall–Kier alpha value is -4.14. The van der Waals surface area contributed by atoms with Crippen molar-refractivity contribution in [2.24, 2.45) is 0 Å². The van der Waals surface area contributed by atoms with E-state index in [1.807, 2.05) is 49.1 Å². The third kappa shape index (κ3) is 3.49. The van der Waals surface area contributed by atoms with Crippen LogP contribution >= 0.6 is 0 Å². The average Bonchev–Trinajstić information content (AvgIpc) is 3.49. The lowest BCUT2D eigenvalue weighted by Gasteiger charge is -2.19. The first-order chi connectivity index (χ1) is 16.6. The van der Waals surface area contributed by atoms with Crippen LogP contribution in [0.25, 0.3) is 21.9 Å². The monoisotopic (exact) mass is 459 g/mol. The third-order valence-electron chi connectivity index (χ3n) is 6.01. The lowest BCUT2D eigenvalue weighted by atomic mass is 9.91. The zero-order valence-electron chi connectivity index (χ0n) is 19.5. The first-order valence-corrected chi connectivity index (χ1v) is 11.1. The van der Waals surface area contributed by atoms with Crippen molar-refractivity contribution in [3.05, 3.63) is 54.0 Å². The molecule has 174 valence electrons. The molecule has 0 aliphatic carbocycles. The van der Waals surface area contributed by atoms with E-state index in [1.165, 1.54) is 0 Å². The van der Waals surface area contributed by atoms with Crippen molar-refractivity contribution in [2.45, 2.75) is 27.0 Å². The minimum absolute atomic E-state index is 0.242. The van der Waals surface area contributed by atoms with Crippen LogP contribution in [0.1, 0.15) is 29.8 Å². The molecule has 34 heavy (non-hydrogen) atoms. The van der Waals surface area contributed by atoms with Gasteiger partial charge in [0.2, 0.25) is 5.95 Å². The number of carbonyl (C=O) groups is 1. The van der Waals surface area contributed by atoms with Gasteiger partial charge in [-0.15, -0.1) is 5.10 Å². The highest BCUT2D eigenvalue weighted by Crippen LogP contribution is 2.42. The van der Waals surface area contributed by atoms with E-state index in [0.717, 1.165) is 39.8 Å². The number of ether oxygens (including phenoxy) is 3. The van der Waals surface area contributed by atoms with Gasteiger partial charge in [-0.2, -0.15) is 0 Å². The van der Waals surface area contributed by atoms with E-state index in [0.29, 0.717) is 29.6 Å². The van der Waals surface area contributed by atoms with Gasteiger partial charge in [-0.3, -0.25) is 9.58 Å². The number of methoxy groups -OCH3 is 2. The Bertz CT molecular complexity index is 1380. The molecule has 0 fully saturated rings. The smallest absolute Gasteiger partial charge is 0.339 e. The first kappa shape index (κ1) is 21.7. The second kappa shape index (κ2) is 8.66. The van der Waals surface area contributed by atoms with Crippen LogP contribution in [0.5, 0.6) is 11.5 Å².